The summed E-state index contributed by atoms with van der Waals surface area (Å²) in [6.45, 7) is 2.01. The van der Waals surface area contributed by atoms with E-state index in [1.165, 1.54) is 0 Å². The van der Waals surface area contributed by atoms with Gasteiger partial charge in [-0.2, -0.15) is 0 Å². The number of amides is 1. The number of ether oxygens (including phenoxy) is 1. The van der Waals surface area contributed by atoms with E-state index in [4.69, 9.17) is 9.15 Å². The Balaban J connectivity index is 1.70. The Morgan fingerprint density at radius 3 is 2.68 bits per heavy atom. The van der Waals surface area contributed by atoms with Crippen molar-refractivity contribution in [2.75, 3.05) is 12.4 Å². The molecule has 0 aliphatic heterocycles. The van der Waals surface area contributed by atoms with Gasteiger partial charge in [-0.25, -0.2) is 9.67 Å². The molecule has 0 unspecified atom stereocenters. The monoisotopic (exact) mass is 374 g/mol. The van der Waals surface area contributed by atoms with Crippen LogP contribution in [0, 0.1) is 6.92 Å². The third-order valence-electron chi connectivity index (χ3n) is 4.20. The van der Waals surface area contributed by atoms with Gasteiger partial charge in [0.05, 0.1) is 24.6 Å². The Morgan fingerprint density at radius 2 is 1.96 bits per heavy atom. The number of furan rings is 1. The highest BCUT2D eigenvalue weighted by molar-refractivity contribution is 6.01. The maximum Gasteiger partial charge on any atom is 0.295 e. The number of carbonyl (C=O) groups is 1. The average molecular weight is 374 g/mol. The summed E-state index contributed by atoms with van der Waals surface area (Å²) in [5.74, 6) is 0.812. The summed E-state index contributed by atoms with van der Waals surface area (Å²) in [7, 11) is 1.57. The van der Waals surface area contributed by atoms with Crippen LogP contribution in [0.25, 0.3) is 17.1 Å². The topological polar surface area (TPSA) is 82.2 Å². The Hall–Kier alpha value is -3.87. The van der Waals surface area contributed by atoms with E-state index in [0.29, 0.717) is 17.3 Å². The Bertz CT molecular complexity index is 1100. The second-order valence-electron chi connectivity index (χ2n) is 6.20. The van der Waals surface area contributed by atoms with Crippen molar-refractivity contribution in [3.63, 3.8) is 0 Å². The molecule has 4 rings (SSSR count). The Morgan fingerprint density at radius 1 is 1.14 bits per heavy atom. The van der Waals surface area contributed by atoms with Gasteiger partial charge in [-0.15, -0.1) is 5.10 Å². The fraction of sp³-hybridized carbons (Fsp3) is 0.0952. The first-order valence-electron chi connectivity index (χ1n) is 8.66. The number of nitrogens with one attached hydrogen (secondary N) is 1. The largest absolute Gasteiger partial charge is 0.497 e. The number of methoxy groups -OCH3 is 1. The molecule has 0 radical (unpaired) electrons. The number of anilines is 1. The second-order valence-corrected chi connectivity index (χ2v) is 6.20. The number of benzene rings is 2. The van der Waals surface area contributed by atoms with Crippen LogP contribution in [0.5, 0.6) is 5.75 Å². The highest BCUT2D eigenvalue weighted by atomic mass is 16.5. The normalized spacial score (nSPS) is 10.6. The summed E-state index contributed by atoms with van der Waals surface area (Å²) in [4.78, 5) is 17.2. The lowest BCUT2D eigenvalue weighted by Gasteiger charge is -2.05. The zero-order valence-electron chi connectivity index (χ0n) is 15.4. The third-order valence-corrected chi connectivity index (χ3v) is 4.20. The van der Waals surface area contributed by atoms with E-state index in [-0.39, 0.29) is 5.82 Å². The van der Waals surface area contributed by atoms with Crippen LogP contribution < -0.4 is 10.1 Å². The number of hydrogen-bond acceptors (Lipinski definition) is 5. The fourth-order valence-electron chi connectivity index (χ4n) is 2.74. The minimum atomic E-state index is -0.413. The standard InChI is InChI=1S/C21H18N4O3/c1-14-6-8-17(9-7-14)25-20(15-10-11-28-13-15)23-19(24-25)21(26)22-16-4-3-5-18(12-16)27-2/h3-13H,1-2H3,(H,22,26). The molecule has 2 aromatic carbocycles. The molecule has 0 fully saturated rings. The average Bonchev–Trinajstić information content (AvgIpc) is 3.38. The van der Waals surface area contributed by atoms with Crippen LogP contribution in [-0.4, -0.2) is 27.8 Å². The molecule has 7 nitrogen and oxygen atoms in total. The summed E-state index contributed by atoms with van der Waals surface area (Å²) < 4.78 is 12.0. The SMILES string of the molecule is COc1cccc(NC(=O)c2nc(-c3ccoc3)n(-c3ccc(C)cc3)n2)c1. The van der Waals surface area contributed by atoms with E-state index < -0.39 is 5.91 Å². The molecule has 2 aromatic heterocycles. The Kier molecular flexibility index (Phi) is 4.63. The zero-order chi connectivity index (χ0) is 19.5. The maximum absolute atomic E-state index is 12.7. The third kappa shape index (κ3) is 3.50. The number of carbonyl (C=O) groups excluding carboxylic acids is 1. The van der Waals surface area contributed by atoms with Crippen molar-refractivity contribution in [3.8, 4) is 22.8 Å². The van der Waals surface area contributed by atoms with Crippen molar-refractivity contribution < 1.29 is 13.9 Å². The van der Waals surface area contributed by atoms with E-state index in [9.17, 15) is 4.79 Å². The zero-order valence-corrected chi connectivity index (χ0v) is 15.4. The molecule has 7 heteroatoms. The molecule has 0 bridgehead atoms. The summed E-state index contributed by atoms with van der Waals surface area (Å²) in [6, 6.07) is 16.7. The van der Waals surface area contributed by atoms with Crippen LogP contribution >= 0.6 is 0 Å². The van der Waals surface area contributed by atoms with Crippen LogP contribution in [-0.2, 0) is 0 Å². The van der Waals surface area contributed by atoms with Gasteiger partial charge in [0.2, 0.25) is 5.82 Å². The van der Waals surface area contributed by atoms with Gasteiger partial charge in [0, 0.05) is 11.8 Å². The van der Waals surface area contributed by atoms with Crippen molar-refractivity contribution in [2.45, 2.75) is 6.92 Å². The highest BCUT2D eigenvalue weighted by Crippen LogP contribution is 2.23. The smallest absolute Gasteiger partial charge is 0.295 e. The van der Waals surface area contributed by atoms with E-state index in [1.54, 1.807) is 54.6 Å². The van der Waals surface area contributed by atoms with Crippen molar-refractivity contribution in [3.05, 3.63) is 78.5 Å². The summed E-state index contributed by atoms with van der Waals surface area (Å²) in [6.07, 6.45) is 3.12. The van der Waals surface area contributed by atoms with Crippen LogP contribution in [0.4, 0.5) is 5.69 Å². The molecule has 0 spiro atoms. The number of aromatic nitrogens is 3. The van der Waals surface area contributed by atoms with Crippen LogP contribution in [0.2, 0.25) is 0 Å². The molecule has 0 aliphatic carbocycles. The lowest BCUT2D eigenvalue weighted by molar-refractivity contribution is 0.101. The molecule has 4 aromatic rings. The lowest BCUT2D eigenvalue weighted by atomic mass is 10.2. The molecule has 1 N–H and O–H groups in total. The number of hydrogen-bond donors (Lipinski definition) is 1. The van der Waals surface area contributed by atoms with Crippen molar-refractivity contribution in [1.82, 2.24) is 14.8 Å². The van der Waals surface area contributed by atoms with E-state index in [1.807, 2.05) is 31.2 Å². The van der Waals surface area contributed by atoms with Crippen molar-refractivity contribution in [1.29, 1.82) is 0 Å². The van der Waals surface area contributed by atoms with Crippen molar-refractivity contribution in [2.24, 2.45) is 0 Å². The van der Waals surface area contributed by atoms with Gasteiger partial charge >= 0.3 is 0 Å². The van der Waals surface area contributed by atoms with Gasteiger partial charge in [-0.1, -0.05) is 23.8 Å². The first-order valence-corrected chi connectivity index (χ1v) is 8.66. The minimum absolute atomic E-state index is 0.0552. The molecular formula is C21H18N4O3. The predicted molar refractivity (Wildman–Crippen MR) is 105 cm³/mol. The molecule has 0 saturated heterocycles. The molecule has 0 saturated carbocycles. The molecule has 2 heterocycles. The molecule has 28 heavy (non-hydrogen) atoms. The van der Waals surface area contributed by atoms with Crippen LogP contribution in [0.15, 0.2) is 71.5 Å². The van der Waals surface area contributed by atoms with Gasteiger partial charge in [0.25, 0.3) is 5.91 Å². The minimum Gasteiger partial charge on any atom is -0.497 e. The lowest BCUT2D eigenvalue weighted by Crippen LogP contribution is -2.14. The van der Waals surface area contributed by atoms with E-state index in [0.717, 1.165) is 16.8 Å². The molecule has 0 atom stereocenters. The van der Waals surface area contributed by atoms with Crippen LogP contribution in [0.3, 0.4) is 0 Å². The highest BCUT2D eigenvalue weighted by Gasteiger charge is 2.19. The van der Waals surface area contributed by atoms with Gasteiger partial charge in [-0.05, 0) is 37.3 Å². The summed E-state index contributed by atoms with van der Waals surface area (Å²) in [5.41, 5.74) is 3.26. The number of nitrogens with zero attached hydrogens (tertiary/aromatic N) is 3. The molecular weight excluding hydrogens is 356 g/mol. The first kappa shape index (κ1) is 17.5. The molecule has 140 valence electrons. The fourth-order valence-corrected chi connectivity index (χ4v) is 2.74. The van der Waals surface area contributed by atoms with Gasteiger partial charge in [-0.3, -0.25) is 4.79 Å². The van der Waals surface area contributed by atoms with Crippen LogP contribution in [0.1, 0.15) is 16.2 Å². The summed E-state index contributed by atoms with van der Waals surface area (Å²) in [5, 5.41) is 7.22. The first-order chi connectivity index (χ1) is 13.6. The predicted octanol–water partition coefficient (Wildman–Crippen LogP) is 4.10. The number of aryl methyl sites for hydroxylation is 1. The molecule has 0 aliphatic rings. The summed E-state index contributed by atoms with van der Waals surface area (Å²) >= 11 is 0. The maximum atomic E-state index is 12.7. The number of rotatable bonds is 5. The van der Waals surface area contributed by atoms with Gasteiger partial charge in [0.1, 0.15) is 12.0 Å². The van der Waals surface area contributed by atoms with Gasteiger partial charge < -0.3 is 14.5 Å². The van der Waals surface area contributed by atoms with E-state index >= 15 is 0 Å². The van der Waals surface area contributed by atoms with Crippen molar-refractivity contribution >= 4 is 11.6 Å². The quantitative estimate of drug-likeness (QED) is 0.569. The van der Waals surface area contributed by atoms with E-state index in [2.05, 4.69) is 15.4 Å². The van der Waals surface area contributed by atoms with Gasteiger partial charge in [0.15, 0.2) is 5.82 Å². The second kappa shape index (κ2) is 7.40. The Labute approximate surface area is 161 Å². The molecule has 1 amide bonds.